The summed E-state index contributed by atoms with van der Waals surface area (Å²) in [5, 5.41) is 7.57. The fourth-order valence-electron chi connectivity index (χ4n) is 2.37. The van der Waals surface area contributed by atoms with Crippen molar-refractivity contribution in [1.82, 2.24) is 10.2 Å². The highest BCUT2D eigenvalue weighted by Crippen LogP contribution is 2.33. The number of nitrogens with zero attached hydrogens (tertiary/aromatic N) is 1. The van der Waals surface area contributed by atoms with Gasteiger partial charge in [0.1, 0.15) is 18.1 Å². The normalized spacial score (nSPS) is 10.6. The molecule has 6 nitrogen and oxygen atoms in total. The first kappa shape index (κ1) is 16.3. The molecule has 0 aliphatic heterocycles. The average molecular weight is 391 g/mol. The third-order valence-electron chi connectivity index (χ3n) is 3.58. The van der Waals surface area contributed by atoms with Gasteiger partial charge in [-0.1, -0.05) is 18.2 Å². The van der Waals surface area contributed by atoms with Crippen molar-refractivity contribution in [2.75, 3.05) is 14.2 Å². The molecular formula is C17H15BrN2O4. The van der Waals surface area contributed by atoms with E-state index in [0.717, 1.165) is 15.4 Å². The molecule has 0 amide bonds. The molecule has 0 saturated heterocycles. The highest BCUT2D eigenvalue weighted by Gasteiger charge is 2.17. The fraction of sp³-hybridized carbons (Fsp3) is 0.176. The van der Waals surface area contributed by atoms with Crippen LogP contribution in [0.3, 0.4) is 0 Å². The maximum Gasteiger partial charge on any atom is 0.359 e. The van der Waals surface area contributed by atoms with Crippen molar-refractivity contribution in [2.45, 2.75) is 6.61 Å². The monoisotopic (exact) mass is 390 g/mol. The van der Waals surface area contributed by atoms with Gasteiger partial charge in [0.2, 0.25) is 0 Å². The minimum Gasteiger partial charge on any atom is -0.496 e. The second-order valence-corrected chi connectivity index (χ2v) is 5.85. The summed E-state index contributed by atoms with van der Waals surface area (Å²) < 4.78 is 16.7. The lowest BCUT2D eigenvalue weighted by Crippen LogP contribution is -2.07. The molecule has 0 unspecified atom stereocenters. The van der Waals surface area contributed by atoms with Gasteiger partial charge in [-0.3, -0.25) is 5.10 Å². The maximum absolute atomic E-state index is 12.3. The molecular weight excluding hydrogens is 376 g/mol. The van der Waals surface area contributed by atoms with Gasteiger partial charge in [-0.25, -0.2) is 4.79 Å². The number of ether oxygens (including phenoxy) is 3. The topological polar surface area (TPSA) is 73.4 Å². The standard InChI is InChI=1S/C17H15BrN2O4/c1-22-14-8-12(18)15(23-2)7-10(14)9-24-17(21)16-11-5-3-4-6-13(11)19-20-16/h3-8H,9H2,1-2H3,(H,19,20). The number of aromatic amines is 1. The largest absolute Gasteiger partial charge is 0.496 e. The summed E-state index contributed by atoms with van der Waals surface area (Å²) in [4.78, 5) is 12.3. The number of H-pyrrole nitrogens is 1. The molecule has 1 heterocycles. The number of nitrogens with one attached hydrogen (secondary N) is 1. The molecule has 3 aromatic rings. The molecule has 0 atom stereocenters. The molecule has 124 valence electrons. The molecule has 0 saturated carbocycles. The van der Waals surface area contributed by atoms with Crippen molar-refractivity contribution in [1.29, 1.82) is 0 Å². The van der Waals surface area contributed by atoms with Gasteiger partial charge in [0.05, 0.1) is 24.2 Å². The van der Waals surface area contributed by atoms with Gasteiger partial charge in [0.25, 0.3) is 0 Å². The molecule has 0 fully saturated rings. The summed E-state index contributed by atoms with van der Waals surface area (Å²) >= 11 is 3.39. The number of aromatic nitrogens is 2. The van der Waals surface area contributed by atoms with Crippen molar-refractivity contribution in [3.05, 3.63) is 52.1 Å². The molecule has 1 N–H and O–H groups in total. The van der Waals surface area contributed by atoms with Gasteiger partial charge >= 0.3 is 5.97 Å². The molecule has 0 radical (unpaired) electrons. The van der Waals surface area contributed by atoms with Crippen LogP contribution in [-0.2, 0) is 11.3 Å². The van der Waals surface area contributed by atoms with Crippen LogP contribution in [0.2, 0.25) is 0 Å². The van der Waals surface area contributed by atoms with Gasteiger partial charge in [0, 0.05) is 10.9 Å². The van der Waals surface area contributed by atoms with Gasteiger partial charge in [-0.15, -0.1) is 0 Å². The third-order valence-corrected chi connectivity index (χ3v) is 4.20. The number of halogens is 1. The Morgan fingerprint density at radius 3 is 2.67 bits per heavy atom. The number of esters is 1. The first-order valence-electron chi connectivity index (χ1n) is 7.14. The molecule has 0 aliphatic carbocycles. The van der Waals surface area contributed by atoms with Gasteiger partial charge in [-0.2, -0.15) is 5.10 Å². The van der Waals surface area contributed by atoms with Crippen molar-refractivity contribution < 1.29 is 19.0 Å². The molecule has 0 aliphatic rings. The van der Waals surface area contributed by atoms with E-state index in [4.69, 9.17) is 14.2 Å². The van der Waals surface area contributed by atoms with E-state index in [0.29, 0.717) is 17.1 Å². The van der Waals surface area contributed by atoms with E-state index in [2.05, 4.69) is 26.1 Å². The number of carbonyl (C=O) groups is 1. The highest BCUT2D eigenvalue weighted by molar-refractivity contribution is 9.10. The minimum absolute atomic E-state index is 0.0484. The summed E-state index contributed by atoms with van der Waals surface area (Å²) in [6.45, 7) is 0.0484. The maximum atomic E-state index is 12.3. The SMILES string of the molecule is COc1cc(COC(=O)c2n[nH]c3ccccc23)c(OC)cc1Br. The molecule has 7 heteroatoms. The van der Waals surface area contributed by atoms with Crippen LogP contribution in [-0.4, -0.2) is 30.4 Å². The lowest BCUT2D eigenvalue weighted by atomic mass is 10.2. The summed E-state index contributed by atoms with van der Waals surface area (Å²) in [6.07, 6.45) is 0. The van der Waals surface area contributed by atoms with Crippen LogP contribution in [0.5, 0.6) is 11.5 Å². The zero-order chi connectivity index (χ0) is 17.1. The van der Waals surface area contributed by atoms with Crippen LogP contribution in [0.25, 0.3) is 10.9 Å². The van der Waals surface area contributed by atoms with Gasteiger partial charge in [-0.05, 0) is 34.1 Å². The lowest BCUT2D eigenvalue weighted by Gasteiger charge is -2.12. The Hall–Kier alpha value is -2.54. The second-order valence-electron chi connectivity index (χ2n) is 4.99. The number of hydrogen-bond acceptors (Lipinski definition) is 5. The number of hydrogen-bond donors (Lipinski definition) is 1. The molecule has 3 rings (SSSR count). The predicted octanol–water partition coefficient (Wildman–Crippen LogP) is 3.70. The van der Waals surface area contributed by atoms with E-state index in [1.54, 1.807) is 26.4 Å². The van der Waals surface area contributed by atoms with E-state index in [1.165, 1.54) is 0 Å². The van der Waals surface area contributed by atoms with Crippen LogP contribution in [0.15, 0.2) is 40.9 Å². The van der Waals surface area contributed by atoms with Crippen LogP contribution < -0.4 is 9.47 Å². The number of benzene rings is 2. The summed E-state index contributed by atoms with van der Waals surface area (Å²) in [5.74, 6) is 0.728. The third kappa shape index (κ3) is 3.07. The van der Waals surface area contributed by atoms with Crippen LogP contribution >= 0.6 is 15.9 Å². The Balaban J connectivity index is 1.81. The van der Waals surface area contributed by atoms with E-state index in [9.17, 15) is 4.79 Å². The van der Waals surface area contributed by atoms with E-state index < -0.39 is 5.97 Å². The quantitative estimate of drug-likeness (QED) is 0.672. The average Bonchev–Trinajstić information content (AvgIpc) is 3.04. The van der Waals surface area contributed by atoms with Crippen LogP contribution in [0, 0.1) is 0 Å². The molecule has 0 bridgehead atoms. The first-order chi connectivity index (χ1) is 11.6. The number of carbonyl (C=O) groups excluding carboxylic acids is 1. The molecule has 0 spiro atoms. The van der Waals surface area contributed by atoms with Gasteiger partial charge in [0.15, 0.2) is 5.69 Å². The lowest BCUT2D eigenvalue weighted by molar-refractivity contribution is 0.0465. The van der Waals surface area contributed by atoms with E-state index >= 15 is 0 Å². The Kier molecular flexibility index (Phi) is 4.71. The van der Waals surface area contributed by atoms with E-state index in [1.807, 2.05) is 24.3 Å². The fourth-order valence-corrected chi connectivity index (χ4v) is 2.85. The summed E-state index contributed by atoms with van der Waals surface area (Å²) in [7, 11) is 3.12. The summed E-state index contributed by atoms with van der Waals surface area (Å²) in [5.41, 5.74) is 1.74. The second kappa shape index (κ2) is 6.92. The van der Waals surface area contributed by atoms with Crippen LogP contribution in [0.4, 0.5) is 0 Å². The van der Waals surface area contributed by atoms with E-state index in [-0.39, 0.29) is 12.3 Å². The zero-order valence-corrected chi connectivity index (χ0v) is 14.7. The summed E-state index contributed by atoms with van der Waals surface area (Å²) in [6, 6.07) is 10.9. The number of fused-ring (bicyclic) bond motifs is 1. The highest BCUT2D eigenvalue weighted by atomic mass is 79.9. The number of methoxy groups -OCH3 is 2. The number of rotatable bonds is 5. The Bertz CT molecular complexity index is 891. The Morgan fingerprint density at radius 1 is 1.17 bits per heavy atom. The molecule has 2 aromatic carbocycles. The van der Waals surface area contributed by atoms with Gasteiger partial charge < -0.3 is 14.2 Å². The molecule has 24 heavy (non-hydrogen) atoms. The number of para-hydroxylation sites is 1. The minimum atomic E-state index is -0.503. The van der Waals surface area contributed by atoms with Crippen molar-refractivity contribution in [3.8, 4) is 11.5 Å². The Labute approximate surface area is 146 Å². The van der Waals surface area contributed by atoms with Crippen molar-refractivity contribution >= 4 is 32.8 Å². The van der Waals surface area contributed by atoms with Crippen LogP contribution in [0.1, 0.15) is 16.1 Å². The zero-order valence-electron chi connectivity index (χ0n) is 13.1. The Morgan fingerprint density at radius 2 is 1.92 bits per heavy atom. The smallest absolute Gasteiger partial charge is 0.359 e. The first-order valence-corrected chi connectivity index (χ1v) is 7.94. The van der Waals surface area contributed by atoms with Crippen molar-refractivity contribution in [3.63, 3.8) is 0 Å². The molecule has 1 aromatic heterocycles. The van der Waals surface area contributed by atoms with Crippen molar-refractivity contribution in [2.24, 2.45) is 0 Å². The predicted molar refractivity (Wildman–Crippen MR) is 92.5 cm³/mol.